The number of thioether (sulfide) groups is 1. The first-order valence-electron chi connectivity index (χ1n) is 20.2. The van der Waals surface area contributed by atoms with Gasteiger partial charge in [0.25, 0.3) is 0 Å². The first-order chi connectivity index (χ1) is 31.7. The number of aryl methyl sites for hydroxylation is 1. The summed E-state index contributed by atoms with van der Waals surface area (Å²) >= 11 is 4.02. The third-order valence-corrected chi connectivity index (χ3v) is 13.6. The number of alkyl halides is 6. The molecule has 3 N–H and O–H groups in total. The second-order valence-corrected chi connectivity index (χ2v) is 18.4. The van der Waals surface area contributed by atoms with Gasteiger partial charge in [-0.2, -0.15) is 26.3 Å². The predicted molar refractivity (Wildman–Crippen MR) is 244 cm³/mol. The van der Waals surface area contributed by atoms with E-state index < -0.39 is 41.4 Å². The molecule has 0 aliphatic carbocycles. The summed E-state index contributed by atoms with van der Waals surface area (Å²) in [5.41, 5.74) is 2.38. The third-order valence-electron chi connectivity index (χ3n) is 10.2. The molecule has 0 saturated heterocycles. The molecule has 0 amide bonds. The fourth-order valence-corrected chi connectivity index (χ4v) is 10.1. The summed E-state index contributed by atoms with van der Waals surface area (Å²) in [6.45, 7) is 4.20. The molecule has 0 saturated carbocycles. The van der Waals surface area contributed by atoms with E-state index in [2.05, 4.69) is 18.8 Å². The largest absolute Gasteiger partial charge is 0.487 e. The van der Waals surface area contributed by atoms with E-state index in [1.54, 1.807) is 46.9 Å². The van der Waals surface area contributed by atoms with E-state index in [4.69, 9.17) is 19.9 Å². The Balaban J connectivity index is 0.000000199. The summed E-state index contributed by atoms with van der Waals surface area (Å²) in [4.78, 5) is 44.6. The van der Waals surface area contributed by atoms with Gasteiger partial charge in [0.15, 0.2) is 0 Å². The molecule has 0 aliphatic heterocycles. The van der Waals surface area contributed by atoms with Gasteiger partial charge in [-0.05, 0) is 78.7 Å². The molecular weight excluding hydrogens is 943 g/mol. The summed E-state index contributed by atoms with van der Waals surface area (Å²) in [7, 11) is 0. The molecule has 0 atom stereocenters. The number of aromatic carboxylic acids is 1. The maximum Gasteiger partial charge on any atom is 0.416 e. The molecule has 4 aromatic heterocycles. The van der Waals surface area contributed by atoms with Crippen molar-refractivity contribution in [2.75, 3.05) is 0 Å². The molecule has 4 heterocycles. The molecular formula is C47H38F6N4O7S3. The van der Waals surface area contributed by atoms with Crippen molar-refractivity contribution >= 4 is 74.1 Å². The number of carboxylic acids is 3. The molecule has 0 bridgehead atoms. The first-order valence-corrected chi connectivity index (χ1v) is 22.8. The molecule has 348 valence electrons. The fraction of sp³-hybridized carbons (Fsp3) is 0.213. The Kier molecular flexibility index (Phi) is 14.5. The van der Waals surface area contributed by atoms with Crippen LogP contribution in [0.1, 0.15) is 63.2 Å². The minimum absolute atomic E-state index is 0.00884. The maximum absolute atomic E-state index is 12.9. The number of benzene rings is 4. The van der Waals surface area contributed by atoms with Gasteiger partial charge in [-0.1, -0.05) is 38.1 Å². The van der Waals surface area contributed by atoms with Crippen LogP contribution < -0.4 is 4.74 Å². The van der Waals surface area contributed by atoms with E-state index in [1.165, 1.54) is 35.6 Å². The van der Waals surface area contributed by atoms with Gasteiger partial charge >= 0.3 is 30.3 Å². The summed E-state index contributed by atoms with van der Waals surface area (Å²) in [6.07, 6.45) is -5.29. The lowest BCUT2D eigenvalue weighted by atomic mass is 10.1. The van der Waals surface area contributed by atoms with Crippen molar-refractivity contribution in [2.24, 2.45) is 0 Å². The van der Waals surface area contributed by atoms with Gasteiger partial charge in [0, 0.05) is 67.4 Å². The topological polar surface area (TPSA) is 157 Å². The Labute approximate surface area is 389 Å². The lowest BCUT2D eigenvalue weighted by molar-refractivity contribution is -0.138. The van der Waals surface area contributed by atoms with E-state index in [-0.39, 0.29) is 41.1 Å². The van der Waals surface area contributed by atoms with Crippen LogP contribution in [-0.2, 0) is 47.4 Å². The molecule has 20 heteroatoms. The minimum atomic E-state index is -4.47. The van der Waals surface area contributed by atoms with Crippen molar-refractivity contribution in [1.82, 2.24) is 19.1 Å². The first kappa shape index (κ1) is 48.3. The van der Waals surface area contributed by atoms with Gasteiger partial charge in [-0.25, -0.2) is 14.8 Å². The van der Waals surface area contributed by atoms with E-state index in [1.807, 2.05) is 34.9 Å². The van der Waals surface area contributed by atoms with Gasteiger partial charge in [0.05, 0.1) is 23.2 Å². The number of thiazole rings is 2. The number of halogens is 6. The van der Waals surface area contributed by atoms with Crippen LogP contribution in [0.25, 0.3) is 42.9 Å². The molecule has 11 nitrogen and oxygen atoms in total. The quantitative estimate of drug-likeness (QED) is 0.0667. The molecule has 0 radical (unpaired) electrons. The Hall–Kier alpha value is -6.64. The normalized spacial score (nSPS) is 11.8. The van der Waals surface area contributed by atoms with Crippen molar-refractivity contribution in [2.45, 2.75) is 68.9 Å². The minimum Gasteiger partial charge on any atom is -0.487 e. The zero-order valence-corrected chi connectivity index (χ0v) is 37.7. The van der Waals surface area contributed by atoms with Crippen molar-refractivity contribution in [3.8, 4) is 26.9 Å². The zero-order valence-electron chi connectivity index (χ0n) is 35.3. The number of aromatic nitrogens is 4. The number of carboxylic acid groups (broad SMARTS) is 3. The second-order valence-electron chi connectivity index (χ2n) is 15.2. The SMILES string of the molecule is CC(C)c1nc(-c2ccc(C(F)(F)F)cc2)sc1CSc1ccc2c(ccn2CC(=O)O)c1.O=C(O)CCn1ccc2cc(OCc3nc(-c4ccc(C(F)(F)F)cc4)sc3C(=O)O)ccc21. The average Bonchev–Trinajstić information content (AvgIpc) is 4.09. The number of rotatable bonds is 15. The van der Waals surface area contributed by atoms with Crippen molar-refractivity contribution in [1.29, 1.82) is 0 Å². The van der Waals surface area contributed by atoms with Gasteiger partial charge in [-0.3, -0.25) is 9.59 Å². The highest BCUT2D eigenvalue weighted by Crippen LogP contribution is 2.38. The van der Waals surface area contributed by atoms with Crippen LogP contribution in [0.5, 0.6) is 5.75 Å². The molecule has 8 aromatic rings. The van der Waals surface area contributed by atoms with E-state index in [0.29, 0.717) is 34.2 Å². The summed E-state index contributed by atoms with van der Waals surface area (Å²) in [6, 6.07) is 24.3. The monoisotopic (exact) mass is 980 g/mol. The lowest BCUT2D eigenvalue weighted by Gasteiger charge is -2.07. The number of ether oxygens (including phenoxy) is 1. The molecule has 8 rings (SSSR count). The van der Waals surface area contributed by atoms with Gasteiger partial charge in [0.2, 0.25) is 0 Å². The fourth-order valence-electron chi connectivity index (χ4n) is 6.92. The van der Waals surface area contributed by atoms with Crippen molar-refractivity contribution < 1.29 is 60.8 Å². The summed E-state index contributed by atoms with van der Waals surface area (Å²) in [5.74, 6) is -1.65. The highest BCUT2D eigenvalue weighted by molar-refractivity contribution is 7.98. The lowest BCUT2D eigenvalue weighted by Crippen LogP contribution is -2.06. The summed E-state index contributed by atoms with van der Waals surface area (Å²) < 4.78 is 86.2. The number of nitrogens with zero attached hydrogens (tertiary/aromatic N) is 4. The van der Waals surface area contributed by atoms with Crippen LogP contribution in [0.3, 0.4) is 0 Å². The number of fused-ring (bicyclic) bond motifs is 2. The Morgan fingerprint density at radius 3 is 1.84 bits per heavy atom. The van der Waals surface area contributed by atoms with Crippen molar-refractivity contribution in [3.05, 3.63) is 142 Å². The molecule has 0 unspecified atom stereocenters. The van der Waals surface area contributed by atoms with Gasteiger partial charge in [-0.15, -0.1) is 34.4 Å². The maximum atomic E-state index is 12.9. The number of hydrogen-bond donors (Lipinski definition) is 3. The summed E-state index contributed by atoms with van der Waals surface area (Å²) in [5, 5.41) is 30.2. The van der Waals surface area contributed by atoms with Crippen LogP contribution in [0.15, 0.2) is 114 Å². The Bertz CT molecular complexity index is 3060. The third kappa shape index (κ3) is 11.9. The molecule has 67 heavy (non-hydrogen) atoms. The average molecular weight is 981 g/mol. The van der Waals surface area contributed by atoms with Crippen LogP contribution >= 0.6 is 34.4 Å². The van der Waals surface area contributed by atoms with Crippen LogP contribution in [0.4, 0.5) is 26.3 Å². The standard InChI is InChI=1S/C24H21F3N2O2S2.C23H17F3N2O5S/c1-14(2)22-20(33-23(28-22)15-3-5-17(6-4-15)24(25,26)27)13-32-18-7-8-19-16(11-18)9-10-29(19)12-21(30)31;24-23(25,26)15-3-1-13(2-4-15)21-27-17(20(34-21)22(31)32)12-33-16-5-6-18-14(11-16)7-9-28(18)10-8-19(29)30/h3-11,14H,12-13H2,1-2H3,(H,30,31);1-7,9,11H,8,10,12H2,(H,29,30)(H,31,32). The van der Waals surface area contributed by atoms with Crippen LogP contribution in [0, 0.1) is 0 Å². The Morgan fingerprint density at radius 2 is 1.27 bits per heavy atom. The van der Waals surface area contributed by atoms with Crippen molar-refractivity contribution in [3.63, 3.8) is 0 Å². The van der Waals surface area contributed by atoms with Crippen LogP contribution in [0.2, 0.25) is 0 Å². The molecule has 0 fully saturated rings. The van der Waals surface area contributed by atoms with E-state index in [0.717, 1.165) is 72.9 Å². The zero-order chi connectivity index (χ0) is 48.2. The van der Waals surface area contributed by atoms with Gasteiger partial charge in [0.1, 0.15) is 39.5 Å². The highest BCUT2D eigenvalue weighted by atomic mass is 32.2. The number of hydrogen-bond acceptors (Lipinski definition) is 9. The Morgan fingerprint density at radius 1 is 0.701 bits per heavy atom. The molecule has 4 aromatic carbocycles. The predicted octanol–water partition coefficient (Wildman–Crippen LogP) is 12.8. The second kappa shape index (κ2) is 20.1. The number of aliphatic carboxylic acids is 2. The smallest absolute Gasteiger partial charge is 0.416 e. The molecule has 0 aliphatic rings. The van der Waals surface area contributed by atoms with E-state index >= 15 is 0 Å². The van der Waals surface area contributed by atoms with E-state index in [9.17, 15) is 45.8 Å². The highest BCUT2D eigenvalue weighted by Gasteiger charge is 2.31. The number of carbonyl (C=O) groups is 3. The van der Waals surface area contributed by atoms with Crippen LogP contribution in [-0.4, -0.2) is 52.3 Å². The molecule has 0 spiro atoms. The van der Waals surface area contributed by atoms with Gasteiger partial charge < -0.3 is 29.2 Å².